The molecule has 0 spiro atoms. The van der Waals surface area contributed by atoms with Crippen LogP contribution >= 0.6 is 0 Å². The maximum atomic E-state index is 5.17. The third kappa shape index (κ3) is 4.70. The fourth-order valence-corrected chi connectivity index (χ4v) is 8.32. The molecule has 0 aliphatic rings. The van der Waals surface area contributed by atoms with Gasteiger partial charge >= 0.3 is 0 Å². The molecule has 0 amide bonds. The van der Waals surface area contributed by atoms with Crippen LogP contribution in [0.4, 0.5) is 0 Å². The van der Waals surface area contributed by atoms with Gasteiger partial charge in [0.15, 0.2) is 5.82 Å². The average Bonchev–Trinajstić information content (AvgIpc) is 3.77. The fourth-order valence-electron chi connectivity index (χ4n) is 8.32. The van der Waals surface area contributed by atoms with Gasteiger partial charge in [0.05, 0.1) is 33.5 Å². The van der Waals surface area contributed by atoms with Gasteiger partial charge in [0.1, 0.15) is 0 Å². The molecule has 3 heterocycles. The van der Waals surface area contributed by atoms with Crippen molar-refractivity contribution in [2.45, 2.75) is 0 Å². The first-order chi connectivity index (χ1) is 26.8. The second kappa shape index (κ2) is 12.1. The van der Waals surface area contributed by atoms with Crippen LogP contribution in [0.1, 0.15) is 0 Å². The van der Waals surface area contributed by atoms with Gasteiger partial charge in [-0.05, 0) is 59.3 Å². The van der Waals surface area contributed by atoms with E-state index in [1.165, 1.54) is 43.6 Å². The van der Waals surface area contributed by atoms with Gasteiger partial charge in [0.2, 0.25) is 0 Å². The van der Waals surface area contributed by atoms with Crippen molar-refractivity contribution in [3.8, 4) is 45.3 Å². The van der Waals surface area contributed by atoms with E-state index >= 15 is 0 Å². The predicted octanol–water partition coefficient (Wildman–Crippen LogP) is 12.8. The van der Waals surface area contributed by atoms with E-state index < -0.39 is 0 Å². The van der Waals surface area contributed by atoms with E-state index in [0.717, 1.165) is 50.2 Å². The molecule has 0 aliphatic carbocycles. The zero-order chi connectivity index (χ0) is 35.6. The van der Waals surface area contributed by atoms with Crippen molar-refractivity contribution in [3.63, 3.8) is 0 Å². The van der Waals surface area contributed by atoms with Gasteiger partial charge < -0.3 is 9.13 Å². The minimum Gasteiger partial charge on any atom is -0.309 e. The smallest absolute Gasteiger partial charge is 0.160 e. The molecule has 11 aromatic rings. The zero-order valence-electron chi connectivity index (χ0n) is 29.3. The van der Waals surface area contributed by atoms with Crippen LogP contribution in [-0.2, 0) is 0 Å². The summed E-state index contributed by atoms with van der Waals surface area (Å²) < 4.78 is 4.86. The summed E-state index contributed by atoms with van der Waals surface area (Å²) in [5.74, 6) is 0.713. The van der Waals surface area contributed by atoms with Crippen molar-refractivity contribution >= 4 is 54.4 Å². The Kier molecular flexibility index (Phi) is 6.82. The maximum Gasteiger partial charge on any atom is 0.160 e. The molecule has 252 valence electrons. The summed E-state index contributed by atoms with van der Waals surface area (Å²) in [6.45, 7) is 0. The van der Waals surface area contributed by atoms with Gasteiger partial charge in [-0.2, -0.15) is 0 Å². The van der Waals surface area contributed by atoms with Crippen LogP contribution in [0.25, 0.3) is 99.7 Å². The number of hydrogen-bond acceptors (Lipinski definition) is 2. The largest absolute Gasteiger partial charge is 0.309 e. The standard InChI is InChI=1S/C50H32N4/c1-4-15-33(16-5-1)43-32-44(52-50(51-43)34-17-6-2-7-18-34)39-24-14-19-35-31-37(27-28-38(35)39)53-46-26-13-11-23-42(46)48-47(53)30-29-41-40-22-10-12-25-45(40)54(49(41)48)36-20-8-3-9-21-36/h1-32H. The molecule has 0 aliphatic heterocycles. The number of aromatic nitrogens is 4. The van der Waals surface area contributed by atoms with Crippen molar-refractivity contribution < 1.29 is 0 Å². The molecule has 0 fully saturated rings. The summed E-state index contributed by atoms with van der Waals surface area (Å²) >= 11 is 0. The molecule has 4 nitrogen and oxygen atoms in total. The summed E-state index contributed by atoms with van der Waals surface area (Å²) in [5.41, 5.74) is 12.0. The van der Waals surface area contributed by atoms with Crippen LogP contribution < -0.4 is 0 Å². The Hall–Kier alpha value is -7.30. The van der Waals surface area contributed by atoms with E-state index in [0.29, 0.717) is 5.82 Å². The highest BCUT2D eigenvalue weighted by atomic mass is 15.0. The summed E-state index contributed by atoms with van der Waals surface area (Å²) in [6, 6.07) is 69.0. The highest BCUT2D eigenvalue weighted by Gasteiger charge is 2.21. The minimum absolute atomic E-state index is 0.713. The Balaban J connectivity index is 1.14. The monoisotopic (exact) mass is 688 g/mol. The van der Waals surface area contributed by atoms with Gasteiger partial charge in [-0.15, -0.1) is 0 Å². The highest BCUT2D eigenvalue weighted by molar-refractivity contribution is 6.26. The van der Waals surface area contributed by atoms with E-state index in [-0.39, 0.29) is 0 Å². The van der Waals surface area contributed by atoms with Gasteiger partial charge in [0, 0.05) is 49.6 Å². The average molecular weight is 689 g/mol. The number of para-hydroxylation sites is 3. The first kappa shape index (κ1) is 30.3. The van der Waals surface area contributed by atoms with Gasteiger partial charge in [0.25, 0.3) is 0 Å². The van der Waals surface area contributed by atoms with Crippen LogP contribution in [0.5, 0.6) is 0 Å². The molecule has 54 heavy (non-hydrogen) atoms. The Morgan fingerprint density at radius 3 is 1.76 bits per heavy atom. The molecule has 0 saturated heterocycles. The maximum absolute atomic E-state index is 5.17. The molecule has 0 bridgehead atoms. The number of nitrogens with zero attached hydrogens (tertiary/aromatic N) is 4. The highest BCUT2D eigenvalue weighted by Crippen LogP contribution is 2.42. The van der Waals surface area contributed by atoms with Crippen molar-refractivity contribution in [3.05, 3.63) is 194 Å². The van der Waals surface area contributed by atoms with Crippen molar-refractivity contribution in [2.24, 2.45) is 0 Å². The Morgan fingerprint density at radius 2 is 0.981 bits per heavy atom. The number of hydrogen-bond donors (Lipinski definition) is 0. The quantitative estimate of drug-likeness (QED) is 0.180. The summed E-state index contributed by atoms with van der Waals surface area (Å²) in [6.07, 6.45) is 0. The molecule has 0 atom stereocenters. The summed E-state index contributed by atoms with van der Waals surface area (Å²) in [4.78, 5) is 10.2. The normalized spacial score (nSPS) is 11.7. The van der Waals surface area contributed by atoms with E-state index in [4.69, 9.17) is 9.97 Å². The fraction of sp³-hybridized carbons (Fsp3) is 0. The Morgan fingerprint density at radius 1 is 0.352 bits per heavy atom. The van der Waals surface area contributed by atoms with Gasteiger partial charge in [-0.1, -0.05) is 146 Å². The predicted molar refractivity (Wildman–Crippen MR) is 225 cm³/mol. The van der Waals surface area contributed by atoms with E-state index in [1.807, 2.05) is 24.3 Å². The minimum atomic E-state index is 0.713. The lowest BCUT2D eigenvalue weighted by atomic mass is 9.99. The number of rotatable bonds is 5. The van der Waals surface area contributed by atoms with Crippen molar-refractivity contribution in [1.82, 2.24) is 19.1 Å². The van der Waals surface area contributed by atoms with Gasteiger partial charge in [-0.3, -0.25) is 0 Å². The Labute approximate surface area is 311 Å². The Bertz CT molecular complexity index is 3140. The second-order valence-electron chi connectivity index (χ2n) is 13.8. The first-order valence-electron chi connectivity index (χ1n) is 18.3. The lowest BCUT2D eigenvalue weighted by molar-refractivity contribution is 1.18. The van der Waals surface area contributed by atoms with Crippen molar-refractivity contribution in [2.75, 3.05) is 0 Å². The third-order valence-corrected chi connectivity index (χ3v) is 10.7. The van der Waals surface area contributed by atoms with Crippen LogP contribution in [-0.4, -0.2) is 19.1 Å². The molecule has 8 aromatic carbocycles. The molecule has 0 N–H and O–H groups in total. The van der Waals surface area contributed by atoms with E-state index in [1.54, 1.807) is 0 Å². The van der Waals surface area contributed by atoms with E-state index in [9.17, 15) is 0 Å². The lowest BCUT2D eigenvalue weighted by Crippen LogP contribution is -1.97. The second-order valence-corrected chi connectivity index (χ2v) is 13.8. The molecule has 0 unspecified atom stereocenters. The number of benzene rings is 8. The molecular weight excluding hydrogens is 657 g/mol. The van der Waals surface area contributed by atoms with Crippen LogP contribution in [0.15, 0.2) is 194 Å². The SMILES string of the molecule is c1ccc(-c2cc(-c3cccc4cc(-n5c6ccccc6c6c5ccc5c7ccccc7n(-c7ccccc7)c56)ccc34)nc(-c3ccccc3)n2)cc1. The van der Waals surface area contributed by atoms with Gasteiger partial charge in [-0.25, -0.2) is 9.97 Å². The molecule has 3 aromatic heterocycles. The lowest BCUT2D eigenvalue weighted by Gasteiger charge is -2.13. The van der Waals surface area contributed by atoms with Crippen LogP contribution in [0, 0.1) is 0 Å². The van der Waals surface area contributed by atoms with Crippen LogP contribution in [0.3, 0.4) is 0 Å². The molecule has 11 rings (SSSR count). The third-order valence-electron chi connectivity index (χ3n) is 10.7. The molecular formula is C50H32N4. The topological polar surface area (TPSA) is 35.6 Å². The molecule has 4 heteroatoms. The van der Waals surface area contributed by atoms with E-state index in [2.05, 4.69) is 179 Å². The summed E-state index contributed by atoms with van der Waals surface area (Å²) in [7, 11) is 0. The van der Waals surface area contributed by atoms with Crippen molar-refractivity contribution in [1.29, 1.82) is 0 Å². The zero-order valence-corrected chi connectivity index (χ0v) is 29.3. The number of fused-ring (bicyclic) bond motifs is 8. The first-order valence-corrected chi connectivity index (χ1v) is 18.3. The van der Waals surface area contributed by atoms with Crippen LogP contribution in [0.2, 0.25) is 0 Å². The molecule has 0 radical (unpaired) electrons. The molecule has 0 saturated carbocycles. The summed E-state index contributed by atoms with van der Waals surface area (Å²) in [5, 5.41) is 7.28.